The van der Waals surface area contributed by atoms with Crippen molar-refractivity contribution in [3.8, 4) is 17.2 Å². The number of aromatic hydroxyl groups is 1. The third kappa shape index (κ3) is 5.05. The minimum Gasteiger partial charge on any atom is -0.507 e. The number of halogens is 1. The highest BCUT2D eigenvalue weighted by atomic mass is 35.5. The molecule has 6 nitrogen and oxygen atoms in total. The molecule has 0 unspecified atom stereocenters. The van der Waals surface area contributed by atoms with Crippen LogP contribution in [0.5, 0.6) is 17.2 Å². The number of hydrogen-bond donors (Lipinski definition) is 1. The summed E-state index contributed by atoms with van der Waals surface area (Å²) in [5, 5.41) is 10.7. The van der Waals surface area contributed by atoms with Gasteiger partial charge in [-0.1, -0.05) is 11.6 Å². The van der Waals surface area contributed by atoms with Crippen LogP contribution in [0.3, 0.4) is 0 Å². The fourth-order valence-electron chi connectivity index (χ4n) is 2.98. The van der Waals surface area contributed by atoms with Crippen molar-refractivity contribution in [2.24, 2.45) is 0 Å². The number of hydrogen-bond acceptors (Lipinski definition) is 5. The lowest BCUT2D eigenvalue weighted by Gasteiger charge is -2.34. The second-order valence-electron chi connectivity index (χ2n) is 6.32. The zero-order valence-corrected chi connectivity index (χ0v) is 16.0. The average Bonchev–Trinajstić information content (AvgIpc) is 2.70. The molecular formula is C20H23ClN2O4. The monoisotopic (exact) mass is 390 g/mol. The smallest absolute Gasteiger partial charge is 0.257 e. The molecule has 0 bridgehead atoms. The standard InChI is InChI=1S/C20H23ClN2O4/c1-26-17-6-7-19(24)18(14-17)20(25)23-10-8-22(9-11-23)12-13-27-16-4-2-15(21)3-5-16/h2-7,14,24H,8-13H2,1H3. The van der Waals surface area contributed by atoms with E-state index in [1.54, 1.807) is 29.2 Å². The van der Waals surface area contributed by atoms with Gasteiger partial charge < -0.3 is 19.5 Å². The number of nitrogens with zero attached hydrogens (tertiary/aromatic N) is 2. The van der Waals surface area contributed by atoms with E-state index in [0.29, 0.717) is 30.5 Å². The number of carbonyl (C=O) groups is 1. The Morgan fingerprint density at radius 1 is 1.07 bits per heavy atom. The average molecular weight is 391 g/mol. The molecule has 1 saturated heterocycles. The van der Waals surface area contributed by atoms with Gasteiger partial charge >= 0.3 is 0 Å². The molecule has 0 aromatic heterocycles. The summed E-state index contributed by atoms with van der Waals surface area (Å²) < 4.78 is 10.9. The van der Waals surface area contributed by atoms with Crippen LogP contribution in [0, 0.1) is 0 Å². The van der Waals surface area contributed by atoms with Gasteiger partial charge in [-0.05, 0) is 42.5 Å². The summed E-state index contributed by atoms with van der Waals surface area (Å²) in [5.74, 6) is 1.14. The van der Waals surface area contributed by atoms with Crippen LogP contribution in [0.1, 0.15) is 10.4 Å². The molecule has 0 atom stereocenters. The summed E-state index contributed by atoms with van der Waals surface area (Å²) in [6.07, 6.45) is 0. The lowest BCUT2D eigenvalue weighted by Crippen LogP contribution is -2.49. The van der Waals surface area contributed by atoms with Gasteiger partial charge in [0.05, 0.1) is 12.7 Å². The molecule has 0 radical (unpaired) electrons. The first-order valence-corrected chi connectivity index (χ1v) is 9.21. The molecule has 27 heavy (non-hydrogen) atoms. The number of phenolic OH excluding ortho intramolecular Hbond substituents is 1. The van der Waals surface area contributed by atoms with Gasteiger partial charge in [0, 0.05) is 37.7 Å². The van der Waals surface area contributed by atoms with Gasteiger partial charge in [0.2, 0.25) is 0 Å². The molecule has 2 aromatic rings. The minimum atomic E-state index is -0.177. The molecule has 7 heteroatoms. The van der Waals surface area contributed by atoms with Crippen molar-refractivity contribution >= 4 is 17.5 Å². The number of phenols is 1. The minimum absolute atomic E-state index is 0.0282. The van der Waals surface area contributed by atoms with Crippen LogP contribution in [0.2, 0.25) is 5.02 Å². The maximum atomic E-state index is 12.7. The molecule has 0 aliphatic carbocycles. The van der Waals surface area contributed by atoms with Crippen LogP contribution in [0.25, 0.3) is 0 Å². The highest BCUT2D eigenvalue weighted by Gasteiger charge is 2.24. The lowest BCUT2D eigenvalue weighted by molar-refractivity contribution is 0.0617. The van der Waals surface area contributed by atoms with Gasteiger partial charge in [-0.15, -0.1) is 0 Å². The van der Waals surface area contributed by atoms with E-state index in [1.165, 1.54) is 13.2 Å². The van der Waals surface area contributed by atoms with Crippen LogP contribution >= 0.6 is 11.6 Å². The first-order chi connectivity index (χ1) is 13.1. The molecule has 3 rings (SSSR count). The molecule has 2 aromatic carbocycles. The number of piperazine rings is 1. The summed E-state index contributed by atoms with van der Waals surface area (Å²) in [6, 6.07) is 12.0. The van der Waals surface area contributed by atoms with Crippen molar-refractivity contribution in [2.75, 3.05) is 46.4 Å². The Hall–Kier alpha value is -2.44. The van der Waals surface area contributed by atoms with E-state index in [4.69, 9.17) is 21.1 Å². The van der Waals surface area contributed by atoms with Crippen molar-refractivity contribution in [3.63, 3.8) is 0 Å². The Labute approximate surface area is 163 Å². The second kappa shape index (κ2) is 8.97. The number of methoxy groups -OCH3 is 1. The van der Waals surface area contributed by atoms with Gasteiger partial charge in [-0.2, -0.15) is 0 Å². The predicted molar refractivity (Wildman–Crippen MR) is 104 cm³/mol. The van der Waals surface area contributed by atoms with Crippen LogP contribution in [-0.4, -0.2) is 67.3 Å². The van der Waals surface area contributed by atoms with Gasteiger partial charge in [0.1, 0.15) is 23.9 Å². The molecular weight excluding hydrogens is 368 g/mol. The van der Waals surface area contributed by atoms with Crippen molar-refractivity contribution < 1.29 is 19.4 Å². The largest absolute Gasteiger partial charge is 0.507 e. The number of carbonyl (C=O) groups excluding carboxylic acids is 1. The Morgan fingerprint density at radius 2 is 1.74 bits per heavy atom. The fraction of sp³-hybridized carbons (Fsp3) is 0.350. The lowest BCUT2D eigenvalue weighted by atomic mass is 10.1. The number of benzene rings is 2. The SMILES string of the molecule is COc1ccc(O)c(C(=O)N2CCN(CCOc3ccc(Cl)cc3)CC2)c1. The molecule has 0 saturated carbocycles. The van der Waals surface area contributed by atoms with Gasteiger partial charge in [0.15, 0.2) is 0 Å². The van der Waals surface area contributed by atoms with Gasteiger partial charge in [-0.25, -0.2) is 0 Å². The van der Waals surface area contributed by atoms with Crippen molar-refractivity contribution in [3.05, 3.63) is 53.1 Å². The Balaban J connectivity index is 1.47. The van der Waals surface area contributed by atoms with Crippen LogP contribution in [0.15, 0.2) is 42.5 Å². The second-order valence-corrected chi connectivity index (χ2v) is 6.76. The molecule has 144 valence electrons. The molecule has 1 N–H and O–H groups in total. The maximum Gasteiger partial charge on any atom is 0.257 e. The topological polar surface area (TPSA) is 62.2 Å². The Morgan fingerprint density at radius 3 is 2.41 bits per heavy atom. The third-order valence-corrected chi connectivity index (χ3v) is 4.84. The number of amides is 1. The number of rotatable bonds is 6. The third-order valence-electron chi connectivity index (χ3n) is 4.58. The van der Waals surface area contributed by atoms with E-state index in [-0.39, 0.29) is 17.2 Å². The molecule has 1 aliphatic heterocycles. The zero-order valence-electron chi connectivity index (χ0n) is 15.2. The first-order valence-electron chi connectivity index (χ1n) is 8.84. The van der Waals surface area contributed by atoms with E-state index in [0.717, 1.165) is 25.4 Å². The summed E-state index contributed by atoms with van der Waals surface area (Å²) in [7, 11) is 1.53. The van der Waals surface area contributed by atoms with E-state index in [1.807, 2.05) is 12.1 Å². The highest BCUT2D eigenvalue weighted by molar-refractivity contribution is 6.30. The van der Waals surface area contributed by atoms with Crippen LogP contribution < -0.4 is 9.47 Å². The van der Waals surface area contributed by atoms with E-state index in [2.05, 4.69) is 4.90 Å². The summed E-state index contributed by atoms with van der Waals surface area (Å²) in [6.45, 7) is 4.11. The van der Waals surface area contributed by atoms with E-state index < -0.39 is 0 Å². The molecule has 1 amide bonds. The molecule has 1 heterocycles. The molecule has 1 fully saturated rings. The quantitative estimate of drug-likeness (QED) is 0.821. The summed E-state index contributed by atoms with van der Waals surface area (Å²) in [5.41, 5.74) is 0.272. The van der Waals surface area contributed by atoms with Crippen molar-refractivity contribution in [1.29, 1.82) is 0 Å². The Kier molecular flexibility index (Phi) is 6.42. The van der Waals surface area contributed by atoms with Crippen LogP contribution in [0.4, 0.5) is 0 Å². The van der Waals surface area contributed by atoms with Gasteiger partial charge in [0.25, 0.3) is 5.91 Å². The van der Waals surface area contributed by atoms with E-state index >= 15 is 0 Å². The maximum absolute atomic E-state index is 12.7. The van der Waals surface area contributed by atoms with Crippen molar-refractivity contribution in [2.45, 2.75) is 0 Å². The number of ether oxygens (including phenoxy) is 2. The zero-order chi connectivity index (χ0) is 19.2. The van der Waals surface area contributed by atoms with Gasteiger partial charge in [-0.3, -0.25) is 9.69 Å². The summed E-state index contributed by atoms with van der Waals surface area (Å²) in [4.78, 5) is 16.7. The highest BCUT2D eigenvalue weighted by Crippen LogP contribution is 2.24. The normalized spacial score (nSPS) is 14.8. The van der Waals surface area contributed by atoms with Crippen molar-refractivity contribution in [1.82, 2.24) is 9.80 Å². The van der Waals surface area contributed by atoms with Crippen LogP contribution in [-0.2, 0) is 0 Å². The molecule has 1 aliphatic rings. The first kappa shape index (κ1) is 19.3. The molecule has 0 spiro atoms. The fourth-order valence-corrected chi connectivity index (χ4v) is 3.11. The Bertz CT molecular complexity index is 774. The van der Waals surface area contributed by atoms with E-state index in [9.17, 15) is 9.90 Å². The summed E-state index contributed by atoms with van der Waals surface area (Å²) >= 11 is 5.86. The predicted octanol–water partition coefficient (Wildman–Crippen LogP) is 2.89.